The van der Waals surface area contributed by atoms with E-state index in [1.54, 1.807) is 24.0 Å². The second-order valence-electron chi connectivity index (χ2n) is 7.23. The van der Waals surface area contributed by atoms with E-state index in [0.29, 0.717) is 31.0 Å². The number of rotatable bonds is 4. The van der Waals surface area contributed by atoms with Gasteiger partial charge in [0.2, 0.25) is 0 Å². The fourth-order valence-electron chi connectivity index (χ4n) is 3.29. The molecule has 0 radical (unpaired) electrons. The average molecular weight is 359 g/mol. The molecular formula is C20H25NO5. The van der Waals surface area contributed by atoms with Crippen LogP contribution in [-0.4, -0.2) is 42.2 Å². The van der Waals surface area contributed by atoms with Gasteiger partial charge in [-0.05, 0) is 44.9 Å². The van der Waals surface area contributed by atoms with Crippen LogP contribution in [0, 0.1) is 0 Å². The van der Waals surface area contributed by atoms with E-state index in [1.807, 2.05) is 26.8 Å². The highest BCUT2D eigenvalue weighted by atomic mass is 16.5. The Morgan fingerprint density at radius 3 is 2.81 bits per heavy atom. The Balaban J connectivity index is 1.77. The fourth-order valence-corrected chi connectivity index (χ4v) is 3.29. The number of nitrogens with zero attached hydrogens (tertiary/aromatic N) is 1. The van der Waals surface area contributed by atoms with Crippen molar-refractivity contribution in [1.82, 2.24) is 4.90 Å². The Kier molecular flexibility index (Phi) is 5.05. The maximum absolute atomic E-state index is 12.7. The number of amides is 1. The third-order valence-electron chi connectivity index (χ3n) is 4.58. The van der Waals surface area contributed by atoms with E-state index in [-0.39, 0.29) is 17.1 Å². The molecule has 140 valence electrons. The lowest BCUT2D eigenvalue weighted by Gasteiger charge is -2.39. The summed E-state index contributed by atoms with van der Waals surface area (Å²) < 4.78 is 16.8. The summed E-state index contributed by atoms with van der Waals surface area (Å²) in [7, 11) is 0. The summed E-state index contributed by atoms with van der Waals surface area (Å²) >= 11 is 0. The molecule has 0 spiro atoms. The molecule has 1 saturated heterocycles. The lowest BCUT2D eigenvalue weighted by molar-refractivity contribution is -0.152. The van der Waals surface area contributed by atoms with Crippen molar-refractivity contribution in [2.45, 2.75) is 45.8 Å². The number of fused-ring (bicyclic) bond motifs is 1. The van der Waals surface area contributed by atoms with Gasteiger partial charge in [-0.3, -0.25) is 4.79 Å². The molecule has 1 aromatic carbocycles. The first kappa shape index (κ1) is 18.5. The van der Waals surface area contributed by atoms with Gasteiger partial charge in [0, 0.05) is 30.6 Å². The van der Waals surface area contributed by atoms with E-state index in [4.69, 9.17) is 13.9 Å². The zero-order chi connectivity index (χ0) is 18.9. The summed E-state index contributed by atoms with van der Waals surface area (Å²) in [5.74, 6) is 0.424. The third-order valence-corrected chi connectivity index (χ3v) is 4.58. The van der Waals surface area contributed by atoms with Crippen LogP contribution in [0.3, 0.4) is 0 Å². The highest BCUT2D eigenvalue weighted by Gasteiger charge is 2.32. The molecule has 0 aliphatic carbocycles. The Morgan fingerprint density at radius 2 is 2.12 bits per heavy atom. The number of benzene rings is 1. The minimum Gasteiger partial charge on any atom is -0.481 e. The van der Waals surface area contributed by atoms with Crippen LogP contribution < -0.4 is 10.4 Å². The van der Waals surface area contributed by atoms with Crippen LogP contribution in [0.25, 0.3) is 11.0 Å². The van der Waals surface area contributed by atoms with E-state index in [0.717, 1.165) is 17.4 Å². The number of morpholine rings is 1. The van der Waals surface area contributed by atoms with Gasteiger partial charge in [-0.25, -0.2) is 4.79 Å². The molecule has 6 heteroatoms. The lowest BCUT2D eigenvalue weighted by atomic mass is 10.1. The number of carbonyl (C=O) groups is 1. The minimum atomic E-state index is -0.637. The number of carbonyl (C=O) groups excluding carboxylic acids is 1. The molecule has 0 bridgehead atoms. The average Bonchev–Trinajstić information content (AvgIpc) is 2.59. The van der Waals surface area contributed by atoms with E-state index in [9.17, 15) is 9.59 Å². The molecule has 1 unspecified atom stereocenters. The van der Waals surface area contributed by atoms with Gasteiger partial charge in [0.25, 0.3) is 5.91 Å². The third kappa shape index (κ3) is 3.90. The quantitative estimate of drug-likeness (QED) is 0.785. The van der Waals surface area contributed by atoms with E-state index in [1.165, 1.54) is 6.07 Å². The van der Waals surface area contributed by atoms with Gasteiger partial charge in [0.05, 0.1) is 12.2 Å². The summed E-state index contributed by atoms with van der Waals surface area (Å²) in [6.45, 7) is 9.26. The van der Waals surface area contributed by atoms with E-state index in [2.05, 4.69) is 0 Å². The molecule has 1 aromatic heterocycles. The van der Waals surface area contributed by atoms with Gasteiger partial charge in [0.1, 0.15) is 11.3 Å². The van der Waals surface area contributed by atoms with Crippen LogP contribution in [0.2, 0.25) is 0 Å². The van der Waals surface area contributed by atoms with Crippen LogP contribution in [0.4, 0.5) is 0 Å². The molecule has 1 fully saturated rings. The van der Waals surface area contributed by atoms with Gasteiger partial charge >= 0.3 is 5.63 Å². The van der Waals surface area contributed by atoms with E-state index >= 15 is 0 Å². The minimum absolute atomic E-state index is 0.0785. The van der Waals surface area contributed by atoms with Gasteiger partial charge in [-0.2, -0.15) is 0 Å². The van der Waals surface area contributed by atoms with Crippen molar-refractivity contribution in [2.24, 2.45) is 0 Å². The van der Waals surface area contributed by atoms with Crippen molar-refractivity contribution < 1.29 is 18.7 Å². The summed E-state index contributed by atoms with van der Waals surface area (Å²) in [5.41, 5.74) is 0.670. The summed E-state index contributed by atoms with van der Waals surface area (Å²) in [6.07, 6.45) is 0.103. The molecule has 2 aromatic rings. The predicted octanol–water partition coefficient (Wildman–Crippen LogP) is 2.76. The predicted molar refractivity (Wildman–Crippen MR) is 98.6 cm³/mol. The van der Waals surface area contributed by atoms with Crippen LogP contribution in [0.15, 0.2) is 33.5 Å². The number of aryl methyl sites for hydroxylation is 1. The van der Waals surface area contributed by atoms with Gasteiger partial charge in [-0.15, -0.1) is 0 Å². The highest BCUT2D eigenvalue weighted by molar-refractivity contribution is 5.83. The Morgan fingerprint density at radius 1 is 1.35 bits per heavy atom. The first-order valence-corrected chi connectivity index (χ1v) is 8.95. The fraction of sp³-hybridized carbons (Fsp3) is 0.500. The highest BCUT2D eigenvalue weighted by Crippen LogP contribution is 2.24. The molecule has 6 nitrogen and oxygen atoms in total. The zero-order valence-electron chi connectivity index (χ0n) is 15.7. The normalized spacial score (nSPS) is 17.9. The molecule has 0 N–H and O–H groups in total. The summed E-state index contributed by atoms with van der Waals surface area (Å²) in [6, 6.07) is 6.84. The molecule has 0 saturated carbocycles. The standard InChI is InChI=1S/C20H25NO5/c1-5-14-10-18(22)26-17-11-15(6-7-16(14)17)25-13(2)19(23)21-8-9-24-20(3,4)12-21/h6-7,10-11,13H,5,8-9,12H2,1-4H3. The summed E-state index contributed by atoms with van der Waals surface area (Å²) in [5, 5.41) is 0.883. The first-order valence-electron chi connectivity index (χ1n) is 8.95. The van der Waals surface area contributed by atoms with Crippen molar-refractivity contribution in [3.8, 4) is 5.75 Å². The van der Waals surface area contributed by atoms with Crippen molar-refractivity contribution in [3.63, 3.8) is 0 Å². The number of hydrogen-bond acceptors (Lipinski definition) is 5. The smallest absolute Gasteiger partial charge is 0.336 e. The topological polar surface area (TPSA) is 69.0 Å². The summed E-state index contributed by atoms with van der Waals surface area (Å²) in [4.78, 5) is 26.1. The molecule has 3 rings (SSSR count). The van der Waals surface area contributed by atoms with Crippen molar-refractivity contribution in [2.75, 3.05) is 19.7 Å². The largest absolute Gasteiger partial charge is 0.481 e. The SMILES string of the molecule is CCc1cc(=O)oc2cc(OC(C)C(=O)N3CCOC(C)(C)C3)ccc12. The number of ether oxygens (including phenoxy) is 2. The maximum atomic E-state index is 12.7. The van der Waals surface area contributed by atoms with E-state index < -0.39 is 6.10 Å². The Hall–Kier alpha value is -2.34. The van der Waals surface area contributed by atoms with Crippen molar-refractivity contribution in [3.05, 3.63) is 40.2 Å². The molecular weight excluding hydrogens is 334 g/mol. The zero-order valence-corrected chi connectivity index (χ0v) is 15.7. The van der Waals surface area contributed by atoms with Gasteiger partial charge < -0.3 is 18.8 Å². The number of hydrogen-bond donors (Lipinski definition) is 0. The molecule has 1 atom stereocenters. The second-order valence-corrected chi connectivity index (χ2v) is 7.23. The lowest BCUT2D eigenvalue weighted by Crippen LogP contribution is -2.53. The Labute approximate surface area is 152 Å². The molecule has 1 aliphatic heterocycles. The van der Waals surface area contributed by atoms with Crippen LogP contribution in [0.1, 0.15) is 33.3 Å². The van der Waals surface area contributed by atoms with Crippen LogP contribution in [0.5, 0.6) is 5.75 Å². The maximum Gasteiger partial charge on any atom is 0.336 e. The first-order chi connectivity index (χ1) is 12.3. The Bertz CT molecular complexity index is 870. The molecule has 26 heavy (non-hydrogen) atoms. The monoisotopic (exact) mass is 359 g/mol. The second kappa shape index (κ2) is 7.11. The van der Waals surface area contributed by atoms with Crippen LogP contribution >= 0.6 is 0 Å². The van der Waals surface area contributed by atoms with Crippen molar-refractivity contribution >= 4 is 16.9 Å². The van der Waals surface area contributed by atoms with Crippen LogP contribution in [-0.2, 0) is 16.0 Å². The van der Waals surface area contributed by atoms with Gasteiger partial charge in [-0.1, -0.05) is 6.92 Å². The van der Waals surface area contributed by atoms with Crippen molar-refractivity contribution in [1.29, 1.82) is 0 Å². The van der Waals surface area contributed by atoms with Gasteiger partial charge in [0.15, 0.2) is 6.10 Å². The molecule has 1 amide bonds. The molecule has 1 aliphatic rings. The molecule has 2 heterocycles.